The predicted molar refractivity (Wildman–Crippen MR) is 57.6 cm³/mol. The molecule has 0 saturated carbocycles. The number of aromatic amines is 1. The lowest BCUT2D eigenvalue weighted by atomic mass is 10.0. The minimum Gasteiger partial charge on any atom is -0.481 e. The van der Waals surface area contributed by atoms with E-state index in [-0.39, 0.29) is 16.7 Å². The van der Waals surface area contributed by atoms with Gasteiger partial charge in [0.25, 0.3) is 5.92 Å². The summed E-state index contributed by atoms with van der Waals surface area (Å²) in [5.74, 6) is -5.27. The van der Waals surface area contributed by atoms with Gasteiger partial charge in [0.15, 0.2) is 5.58 Å². The third kappa shape index (κ3) is 2.39. The zero-order valence-electron chi connectivity index (χ0n) is 9.07. The molecule has 0 atom stereocenters. The zero-order chi connectivity index (χ0) is 13.3. The first-order chi connectivity index (χ1) is 8.38. The van der Waals surface area contributed by atoms with Gasteiger partial charge in [-0.2, -0.15) is 0 Å². The maximum Gasteiger partial charge on any atom is 0.417 e. The van der Waals surface area contributed by atoms with Crippen molar-refractivity contribution in [2.45, 2.75) is 18.8 Å². The van der Waals surface area contributed by atoms with Crippen LogP contribution in [0.15, 0.2) is 27.4 Å². The summed E-state index contributed by atoms with van der Waals surface area (Å²) in [5, 5.41) is 8.40. The van der Waals surface area contributed by atoms with Crippen LogP contribution < -0.4 is 5.76 Å². The normalized spacial score (nSPS) is 11.9. The summed E-state index contributed by atoms with van der Waals surface area (Å²) < 4.78 is 32.0. The first-order valence-corrected chi connectivity index (χ1v) is 5.11. The van der Waals surface area contributed by atoms with E-state index in [1.165, 1.54) is 6.07 Å². The van der Waals surface area contributed by atoms with Gasteiger partial charge in [-0.05, 0) is 18.2 Å². The van der Waals surface area contributed by atoms with Crippen molar-refractivity contribution in [1.29, 1.82) is 0 Å². The number of hydrogen-bond acceptors (Lipinski definition) is 3. The van der Waals surface area contributed by atoms with Gasteiger partial charge in [0.1, 0.15) is 0 Å². The van der Waals surface area contributed by atoms with E-state index >= 15 is 0 Å². The number of carboxylic acids is 1. The number of halogens is 2. The summed E-state index contributed by atoms with van der Waals surface area (Å²) in [4.78, 5) is 23.4. The molecular weight excluding hydrogens is 248 g/mol. The van der Waals surface area contributed by atoms with Crippen LogP contribution in [0.2, 0.25) is 0 Å². The van der Waals surface area contributed by atoms with Gasteiger partial charge in [0.2, 0.25) is 0 Å². The Morgan fingerprint density at radius 1 is 1.44 bits per heavy atom. The summed E-state index contributed by atoms with van der Waals surface area (Å²) in [5.41, 5.74) is -0.0152. The molecule has 2 aromatic rings. The molecule has 0 amide bonds. The highest BCUT2D eigenvalue weighted by molar-refractivity contribution is 5.73. The smallest absolute Gasteiger partial charge is 0.417 e. The Balaban J connectivity index is 2.34. The Morgan fingerprint density at radius 2 is 2.17 bits per heavy atom. The monoisotopic (exact) mass is 257 g/mol. The third-order valence-electron chi connectivity index (χ3n) is 2.49. The lowest BCUT2D eigenvalue weighted by Crippen LogP contribution is -2.15. The molecule has 0 saturated heterocycles. The van der Waals surface area contributed by atoms with Gasteiger partial charge in [-0.3, -0.25) is 9.78 Å². The largest absolute Gasteiger partial charge is 0.481 e. The summed E-state index contributed by atoms with van der Waals surface area (Å²) >= 11 is 0. The Hall–Kier alpha value is -2.18. The zero-order valence-corrected chi connectivity index (χ0v) is 9.07. The number of oxazole rings is 1. The minimum atomic E-state index is -3.26. The fourth-order valence-corrected chi connectivity index (χ4v) is 1.59. The Labute approximate surface area is 99.0 Å². The van der Waals surface area contributed by atoms with Gasteiger partial charge in [-0.15, -0.1) is 0 Å². The van der Waals surface area contributed by atoms with Crippen LogP contribution in [0.3, 0.4) is 0 Å². The van der Waals surface area contributed by atoms with Crippen LogP contribution in [-0.2, 0) is 10.7 Å². The van der Waals surface area contributed by atoms with Crippen LogP contribution in [0.5, 0.6) is 0 Å². The lowest BCUT2D eigenvalue weighted by molar-refractivity contribution is -0.139. The van der Waals surface area contributed by atoms with E-state index in [9.17, 15) is 18.4 Å². The molecule has 0 aliphatic heterocycles. The molecule has 18 heavy (non-hydrogen) atoms. The van der Waals surface area contributed by atoms with E-state index in [0.717, 1.165) is 12.1 Å². The SMILES string of the molecule is O=C(O)CCC(F)(F)c1ccc2oc(=O)[nH]c2c1. The first kappa shape index (κ1) is 12.3. The highest BCUT2D eigenvalue weighted by atomic mass is 19.3. The molecule has 2 rings (SSSR count). The van der Waals surface area contributed by atoms with Crippen LogP contribution in [0.1, 0.15) is 18.4 Å². The number of nitrogens with one attached hydrogen (secondary N) is 1. The number of carboxylic acid groups (broad SMARTS) is 1. The van der Waals surface area contributed by atoms with E-state index in [1.54, 1.807) is 0 Å². The van der Waals surface area contributed by atoms with Crippen molar-refractivity contribution in [2.75, 3.05) is 0 Å². The number of aromatic nitrogens is 1. The van der Waals surface area contributed by atoms with Gasteiger partial charge in [0, 0.05) is 12.0 Å². The molecule has 2 N–H and O–H groups in total. The second-order valence-electron chi connectivity index (χ2n) is 3.82. The topological polar surface area (TPSA) is 83.3 Å². The van der Waals surface area contributed by atoms with Crippen LogP contribution in [0.4, 0.5) is 8.78 Å². The molecule has 1 aromatic carbocycles. The van der Waals surface area contributed by atoms with Crippen LogP contribution in [-0.4, -0.2) is 16.1 Å². The van der Waals surface area contributed by atoms with Gasteiger partial charge in [0.05, 0.1) is 11.9 Å². The fourth-order valence-electron chi connectivity index (χ4n) is 1.59. The van der Waals surface area contributed by atoms with Gasteiger partial charge in [-0.25, -0.2) is 13.6 Å². The Morgan fingerprint density at radius 3 is 2.83 bits per heavy atom. The quantitative estimate of drug-likeness (QED) is 0.878. The molecule has 0 fully saturated rings. The van der Waals surface area contributed by atoms with Crippen molar-refractivity contribution >= 4 is 17.1 Å². The Bertz CT molecular complexity index is 644. The number of aliphatic carboxylic acids is 1. The van der Waals surface area contributed by atoms with Crippen molar-refractivity contribution in [1.82, 2.24) is 4.98 Å². The van der Waals surface area contributed by atoms with Gasteiger partial charge < -0.3 is 9.52 Å². The molecule has 7 heteroatoms. The van der Waals surface area contributed by atoms with Crippen LogP contribution in [0.25, 0.3) is 11.1 Å². The van der Waals surface area contributed by atoms with E-state index in [4.69, 9.17) is 5.11 Å². The summed E-state index contributed by atoms with van der Waals surface area (Å²) in [6, 6.07) is 3.44. The number of benzene rings is 1. The molecule has 0 bridgehead atoms. The standard InChI is InChI=1S/C11H9F2NO4/c12-11(13,4-3-9(15)16)6-1-2-8-7(5-6)14-10(17)18-8/h1-2,5H,3-4H2,(H,14,17)(H,15,16). The van der Waals surface area contributed by atoms with Crippen molar-refractivity contribution in [3.05, 3.63) is 34.3 Å². The average molecular weight is 257 g/mol. The molecular formula is C11H9F2NO4. The fraction of sp³-hybridized carbons (Fsp3) is 0.273. The number of fused-ring (bicyclic) bond motifs is 1. The third-order valence-corrected chi connectivity index (χ3v) is 2.49. The van der Waals surface area contributed by atoms with Crippen molar-refractivity contribution in [2.24, 2.45) is 0 Å². The number of alkyl halides is 2. The molecule has 1 heterocycles. The van der Waals surface area contributed by atoms with E-state index in [1.807, 2.05) is 0 Å². The summed E-state index contributed by atoms with van der Waals surface area (Å²) in [6.45, 7) is 0. The predicted octanol–water partition coefficient (Wildman–Crippen LogP) is 2.08. The molecule has 0 aliphatic rings. The number of H-pyrrole nitrogens is 1. The molecule has 0 unspecified atom stereocenters. The van der Waals surface area contributed by atoms with Crippen LogP contribution >= 0.6 is 0 Å². The van der Waals surface area contributed by atoms with Crippen LogP contribution in [0, 0.1) is 0 Å². The Kier molecular flexibility index (Phi) is 2.90. The first-order valence-electron chi connectivity index (χ1n) is 5.11. The molecule has 0 aliphatic carbocycles. The second-order valence-corrected chi connectivity index (χ2v) is 3.82. The summed E-state index contributed by atoms with van der Waals surface area (Å²) in [6.07, 6.45) is -1.43. The molecule has 5 nitrogen and oxygen atoms in total. The summed E-state index contributed by atoms with van der Waals surface area (Å²) in [7, 11) is 0. The number of hydrogen-bond donors (Lipinski definition) is 2. The number of carbonyl (C=O) groups is 1. The highest BCUT2D eigenvalue weighted by Gasteiger charge is 2.32. The second kappa shape index (κ2) is 4.25. The average Bonchev–Trinajstić information content (AvgIpc) is 2.65. The molecule has 96 valence electrons. The van der Waals surface area contributed by atoms with Crippen molar-refractivity contribution < 1.29 is 23.1 Å². The van der Waals surface area contributed by atoms with Crippen molar-refractivity contribution in [3.63, 3.8) is 0 Å². The molecule has 1 aromatic heterocycles. The van der Waals surface area contributed by atoms with E-state index < -0.39 is 30.5 Å². The maximum atomic E-state index is 13.7. The van der Waals surface area contributed by atoms with E-state index in [0.29, 0.717) is 0 Å². The maximum absolute atomic E-state index is 13.7. The van der Waals surface area contributed by atoms with E-state index in [2.05, 4.69) is 9.40 Å². The van der Waals surface area contributed by atoms with Gasteiger partial charge >= 0.3 is 11.7 Å². The lowest BCUT2D eigenvalue weighted by Gasteiger charge is -2.15. The highest BCUT2D eigenvalue weighted by Crippen LogP contribution is 2.34. The molecule has 0 spiro atoms. The minimum absolute atomic E-state index is 0.160. The van der Waals surface area contributed by atoms with Crippen molar-refractivity contribution in [3.8, 4) is 0 Å². The number of rotatable bonds is 4. The molecule has 0 radical (unpaired) electrons. The van der Waals surface area contributed by atoms with Gasteiger partial charge in [-0.1, -0.05) is 0 Å².